The van der Waals surface area contributed by atoms with Crippen molar-refractivity contribution in [3.63, 3.8) is 0 Å². The lowest BCUT2D eigenvalue weighted by Crippen LogP contribution is -2.47. The maximum Gasteiger partial charge on any atom is 0.311 e. The van der Waals surface area contributed by atoms with Crippen LogP contribution in [0.1, 0.15) is 32.1 Å². The smallest absolute Gasteiger partial charge is 0.311 e. The largest absolute Gasteiger partial charge is 0.481 e. The molecule has 1 saturated heterocycles. The van der Waals surface area contributed by atoms with E-state index in [2.05, 4.69) is 0 Å². The fraction of sp³-hybridized carbons (Fsp3) is 0.900. The normalized spacial score (nSPS) is 27.7. The van der Waals surface area contributed by atoms with E-state index < -0.39 is 17.7 Å². The van der Waals surface area contributed by atoms with Gasteiger partial charge < -0.3 is 14.6 Å². The van der Waals surface area contributed by atoms with Gasteiger partial charge in [0.15, 0.2) is 5.79 Å². The second-order valence-electron chi connectivity index (χ2n) is 4.13. The molecule has 0 radical (unpaired) electrons. The molecule has 14 heavy (non-hydrogen) atoms. The van der Waals surface area contributed by atoms with Crippen molar-refractivity contribution in [3.8, 4) is 0 Å². The van der Waals surface area contributed by atoms with E-state index in [-0.39, 0.29) is 0 Å². The van der Waals surface area contributed by atoms with Crippen LogP contribution in [0.25, 0.3) is 0 Å². The molecule has 1 heterocycles. The number of carboxylic acids is 1. The Bertz CT molecular complexity index is 210. The summed E-state index contributed by atoms with van der Waals surface area (Å²) < 4.78 is 11.2. The molecule has 4 nitrogen and oxygen atoms in total. The fourth-order valence-corrected chi connectivity index (χ4v) is 2.12. The zero-order chi connectivity index (χ0) is 10.0. The summed E-state index contributed by atoms with van der Waals surface area (Å²) in [5.41, 5.74) is 0. The van der Waals surface area contributed by atoms with Crippen LogP contribution in [0.5, 0.6) is 0 Å². The predicted octanol–water partition coefficient (Wildman–Crippen LogP) is 1.39. The minimum absolute atomic E-state index is 0.301. The molecule has 1 aliphatic carbocycles. The number of carbonyl (C=O) groups is 1. The molecular formula is C10H16O4. The van der Waals surface area contributed by atoms with Crippen LogP contribution in [-0.4, -0.2) is 30.1 Å². The third-order valence-corrected chi connectivity index (χ3v) is 3.06. The van der Waals surface area contributed by atoms with Crippen LogP contribution < -0.4 is 0 Å². The molecule has 1 saturated carbocycles. The highest BCUT2D eigenvalue weighted by Gasteiger charge is 2.40. The minimum Gasteiger partial charge on any atom is -0.481 e. The van der Waals surface area contributed by atoms with Crippen LogP contribution in [0.15, 0.2) is 0 Å². The molecule has 2 fully saturated rings. The summed E-state index contributed by atoms with van der Waals surface area (Å²) in [7, 11) is 0. The van der Waals surface area contributed by atoms with E-state index in [9.17, 15) is 4.79 Å². The topological polar surface area (TPSA) is 55.8 Å². The summed E-state index contributed by atoms with van der Waals surface area (Å²) >= 11 is 0. The van der Waals surface area contributed by atoms with Crippen LogP contribution in [0.2, 0.25) is 0 Å². The zero-order valence-corrected chi connectivity index (χ0v) is 8.20. The molecular weight excluding hydrogens is 184 g/mol. The van der Waals surface area contributed by atoms with Gasteiger partial charge in [0.1, 0.15) is 5.92 Å². The van der Waals surface area contributed by atoms with Gasteiger partial charge in [0, 0.05) is 12.8 Å². The average molecular weight is 200 g/mol. The highest BCUT2D eigenvalue weighted by molar-refractivity contribution is 5.70. The molecule has 4 heteroatoms. The Morgan fingerprint density at radius 1 is 1.14 bits per heavy atom. The molecule has 1 N–H and O–H groups in total. The molecule has 0 amide bonds. The molecule has 2 aliphatic rings. The van der Waals surface area contributed by atoms with Crippen molar-refractivity contribution < 1.29 is 19.4 Å². The summed E-state index contributed by atoms with van der Waals surface area (Å²) in [6, 6.07) is 0. The molecule has 0 bridgehead atoms. The Hall–Kier alpha value is -0.610. The van der Waals surface area contributed by atoms with Crippen molar-refractivity contribution in [3.05, 3.63) is 0 Å². The Morgan fingerprint density at radius 3 is 2.21 bits per heavy atom. The van der Waals surface area contributed by atoms with Gasteiger partial charge in [-0.2, -0.15) is 0 Å². The molecule has 0 aromatic heterocycles. The molecule has 0 aromatic carbocycles. The van der Waals surface area contributed by atoms with E-state index in [1.807, 2.05) is 0 Å². The first kappa shape index (κ1) is 9.93. The fourth-order valence-electron chi connectivity index (χ4n) is 2.12. The number of hydrogen-bond donors (Lipinski definition) is 1. The second-order valence-corrected chi connectivity index (χ2v) is 4.13. The van der Waals surface area contributed by atoms with Crippen molar-refractivity contribution in [2.75, 3.05) is 13.2 Å². The summed E-state index contributed by atoms with van der Waals surface area (Å²) in [5.74, 6) is -1.75. The standard InChI is InChI=1S/C10H16O4/c11-9(12)8-6-13-10(14-7-8)4-2-1-3-5-10/h8H,1-7H2,(H,11,12). The Labute approximate surface area is 83.2 Å². The van der Waals surface area contributed by atoms with Crippen LogP contribution in [0.4, 0.5) is 0 Å². The third-order valence-electron chi connectivity index (χ3n) is 3.06. The van der Waals surface area contributed by atoms with Crippen molar-refractivity contribution in [1.29, 1.82) is 0 Å². The van der Waals surface area contributed by atoms with Crippen LogP contribution in [0, 0.1) is 5.92 Å². The lowest BCUT2D eigenvalue weighted by Gasteiger charge is -2.41. The minimum atomic E-state index is -0.823. The average Bonchev–Trinajstić information content (AvgIpc) is 2.19. The van der Waals surface area contributed by atoms with Crippen molar-refractivity contribution in [1.82, 2.24) is 0 Å². The summed E-state index contributed by atoms with van der Waals surface area (Å²) in [6.07, 6.45) is 5.31. The monoisotopic (exact) mass is 200 g/mol. The first-order valence-electron chi connectivity index (χ1n) is 5.23. The second kappa shape index (κ2) is 3.87. The maximum atomic E-state index is 10.7. The maximum absolute atomic E-state index is 10.7. The van der Waals surface area contributed by atoms with Gasteiger partial charge in [-0.15, -0.1) is 0 Å². The Kier molecular flexibility index (Phi) is 2.74. The van der Waals surface area contributed by atoms with Gasteiger partial charge in [-0.05, 0) is 12.8 Å². The molecule has 80 valence electrons. The Balaban J connectivity index is 1.90. The van der Waals surface area contributed by atoms with E-state index in [0.717, 1.165) is 25.7 Å². The van der Waals surface area contributed by atoms with Crippen molar-refractivity contribution in [2.45, 2.75) is 37.9 Å². The lowest BCUT2D eigenvalue weighted by molar-refractivity contribution is -0.293. The van der Waals surface area contributed by atoms with Gasteiger partial charge in [0.2, 0.25) is 0 Å². The van der Waals surface area contributed by atoms with E-state index in [4.69, 9.17) is 14.6 Å². The van der Waals surface area contributed by atoms with E-state index in [1.165, 1.54) is 6.42 Å². The van der Waals surface area contributed by atoms with E-state index in [1.54, 1.807) is 0 Å². The number of aliphatic carboxylic acids is 1. The molecule has 1 spiro atoms. The van der Waals surface area contributed by atoms with Crippen molar-refractivity contribution >= 4 is 5.97 Å². The van der Waals surface area contributed by atoms with E-state index >= 15 is 0 Å². The molecule has 0 atom stereocenters. The van der Waals surface area contributed by atoms with Crippen LogP contribution in [0.3, 0.4) is 0 Å². The van der Waals surface area contributed by atoms with Gasteiger partial charge in [0.25, 0.3) is 0 Å². The van der Waals surface area contributed by atoms with Gasteiger partial charge in [-0.1, -0.05) is 6.42 Å². The summed E-state index contributed by atoms with van der Waals surface area (Å²) in [6.45, 7) is 0.602. The van der Waals surface area contributed by atoms with Crippen LogP contribution >= 0.6 is 0 Å². The van der Waals surface area contributed by atoms with Crippen LogP contribution in [-0.2, 0) is 14.3 Å². The highest BCUT2D eigenvalue weighted by atomic mass is 16.7. The highest BCUT2D eigenvalue weighted by Crippen LogP contribution is 2.35. The number of rotatable bonds is 1. The van der Waals surface area contributed by atoms with E-state index in [0.29, 0.717) is 13.2 Å². The van der Waals surface area contributed by atoms with Gasteiger partial charge in [-0.25, -0.2) is 0 Å². The summed E-state index contributed by atoms with van der Waals surface area (Å²) in [5, 5.41) is 8.77. The first-order valence-corrected chi connectivity index (χ1v) is 5.23. The number of carboxylic acid groups (broad SMARTS) is 1. The van der Waals surface area contributed by atoms with Crippen molar-refractivity contribution in [2.24, 2.45) is 5.92 Å². The summed E-state index contributed by atoms with van der Waals surface area (Å²) in [4.78, 5) is 10.7. The van der Waals surface area contributed by atoms with Gasteiger partial charge >= 0.3 is 5.97 Å². The molecule has 0 unspecified atom stereocenters. The quantitative estimate of drug-likeness (QED) is 0.695. The SMILES string of the molecule is O=C(O)C1COC2(CCCCC2)OC1. The predicted molar refractivity (Wildman–Crippen MR) is 48.8 cm³/mol. The van der Waals surface area contributed by atoms with Gasteiger partial charge in [-0.3, -0.25) is 4.79 Å². The first-order chi connectivity index (χ1) is 6.72. The zero-order valence-electron chi connectivity index (χ0n) is 8.20. The number of hydrogen-bond acceptors (Lipinski definition) is 3. The lowest BCUT2D eigenvalue weighted by atomic mass is 9.93. The molecule has 0 aromatic rings. The molecule has 2 rings (SSSR count). The third kappa shape index (κ3) is 1.91. The Morgan fingerprint density at radius 2 is 1.71 bits per heavy atom. The number of ether oxygens (including phenoxy) is 2. The van der Waals surface area contributed by atoms with Gasteiger partial charge in [0.05, 0.1) is 13.2 Å². The molecule has 1 aliphatic heterocycles.